The summed E-state index contributed by atoms with van der Waals surface area (Å²) in [4.78, 5) is 17.1. The molecule has 1 saturated heterocycles. The monoisotopic (exact) mass is 353 g/mol. The molecule has 2 N–H and O–H groups in total. The quantitative estimate of drug-likeness (QED) is 0.825. The molecule has 1 aliphatic heterocycles. The number of carbonyl (C=O) groups excluding carboxylic acids is 1. The number of likely N-dealkylation sites (tertiary alicyclic amines) is 1. The Bertz CT molecular complexity index is 331. The third-order valence-electron chi connectivity index (χ3n) is 4.84. The molecule has 0 radical (unpaired) electrons. The molecule has 2 aliphatic rings. The van der Waals surface area contributed by atoms with Crippen molar-refractivity contribution < 1.29 is 4.79 Å². The molecule has 3 unspecified atom stereocenters. The molecule has 1 saturated carbocycles. The second kappa shape index (κ2) is 10.7. The molecule has 2 fully saturated rings. The normalized spacial score (nSPS) is 28.2. The van der Waals surface area contributed by atoms with Crippen molar-refractivity contribution in [2.75, 3.05) is 33.2 Å². The molecule has 22 heavy (non-hydrogen) atoms. The standard InChI is InChI=1S/C16H31N3O.2ClH/c1-3-8-18(2)11-13-7-9-19(12-13)16(20)14-5-4-6-15(17)10-14;;/h13-15H,3-12,17H2,1-2H3;2*1H. The van der Waals surface area contributed by atoms with Crippen LogP contribution in [0.4, 0.5) is 0 Å². The van der Waals surface area contributed by atoms with E-state index in [1.165, 1.54) is 12.8 Å². The maximum Gasteiger partial charge on any atom is 0.225 e. The van der Waals surface area contributed by atoms with Crippen molar-refractivity contribution >= 4 is 30.7 Å². The highest BCUT2D eigenvalue weighted by Gasteiger charge is 2.33. The van der Waals surface area contributed by atoms with Crippen LogP contribution in [0.2, 0.25) is 0 Å². The second-order valence-corrected chi connectivity index (χ2v) is 6.82. The molecule has 2 rings (SSSR count). The number of nitrogens with two attached hydrogens (primary N) is 1. The van der Waals surface area contributed by atoms with Crippen LogP contribution in [0.1, 0.15) is 45.4 Å². The average Bonchev–Trinajstić information content (AvgIpc) is 2.86. The lowest BCUT2D eigenvalue weighted by Gasteiger charge is -2.29. The fourth-order valence-corrected chi connectivity index (χ4v) is 3.81. The van der Waals surface area contributed by atoms with Crippen LogP contribution in [-0.2, 0) is 4.79 Å². The smallest absolute Gasteiger partial charge is 0.225 e. The van der Waals surface area contributed by atoms with Crippen LogP contribution in [0.3, 0.4) is 0 Å². The van der Waals surface area contributed by atoms with Gasteiger partial charge in [0.1, 0.15) is 0 Å². The number of carbonyl (C=O) groups is 1. The van der Waals surface area contributed by atoms with E-state index in [2.05, 4.69) is 23.8 Å². The molecule has 3 atom stereocenters. The maximum absolute atomic E-state index is 12.6. The number of amides is 1. The highest BCUT2D eigenvalue weighted by atomic mass is 35.5. The van der Waals surface area contributed by atoms with E-state index >= 15 is 0 Å². The number of nitrogens with zero attached hydrogens (tertiary/aromatic N) is 2. The summed E-state index contributed by atoms with van der Waals surface area (Å²) in [5.74, 6) is 1.24. The third kappa shape index (κ3) is 6.23. The van der Waals surface area contributed by atoms with Gasteiger partial charge in [0.25, 0.3) is 0 Å². The van der Waals surface area contributed by atoms with Gasteiger partial charge in [0.15, 0.2) is 0 Å². The molecular formula is C16H33Cl2N3O. The topological polar surface area (TPSA) is 49.6 Å². The van der Waals surface area contributed by atoms with Crippen LogP contribution in [0.25, 0.3) is 0 Å². The fraction of sp³-hybridized carbons (Fsp3) is 0.938. The Hall–Kier alpha value is -0.0300. The second-order valence-electron chi connectivity index (χ2n) is 6.82. The van der Waals surface area contributed by atoms with Gasteiger partial charge in [-0.25, -0.2) is 0 Å². The predicted molar refractivity (Wildman–Crippen MR) is 96.9 cm³/mol. The van der Waals surface area contributed by atoms with E-state index in [1.54, 1.807) is 0 Å². The SMILES string of the molecule is CCCN(C)CC1CCN(C(=O)C2CCCC(N)C2)C1.Cl.Cl. The molecule has 132 valence electrons. The first-order valence-electron chi connectivity index (χ1n) is 8.33. The van der Waals surface area contributed by atoms with E-state index in [-0.39, 0.29) is 36.8 Å². The molecule has 0 aromatic carbocycles. The minimum atomic E-state index is 0. The Morgan fingerprint density at radius 2 is 2.00 bits per heavy atom. The molecule has 4 nitrogen and oxygen atoms in total. The van der Waals surface area contributed by atoms with Gasteiger partial charge in [-0.2, -0.15) is 0 Å². The number of rotatable bonds is 5. The highest BCUT2D eigenvalue weighted by molar-refractivity contribution is 5.85. The van der Waals surface area contributed by atoms with Gasteiger partial charge in [-0.1, -0.05) is 13.3 Å². The number of hydrogen-bond acceptors (Lipinski definition) is 3. The molecule has 6 heteroatoms. The van der Waals surface area contributed by atoms with Crippen molar-refractivity contribution in [3.63, 3.8) is 0 Å². The summed E-state index contributed by atoms with van der Waals surface area (Å²) in [5.41, 5.74) is 6.01. The third-order valence-corrected chi connectivity index (χ3v) is 4.84. The summed E-state index contributed by atoms with van der Waals surface area (Å²) in [5, 5.41) is 0. The number of hydrogen-bond donors (Lipinski definition) is 1. The molecule has 1 aliphatic carbocycles. The zero-order valence-electron chi connectivity index (χ0n) is 14.0. The lowest BCUT2D eigenvalue weighted by Crippen LogP contribution is -2.40. The van der Waals surface area contributed by atoms with Crippen LogP contribution in [0.5, 0.6) is 0 Å². The van der Waals surface area contributed by atoms with E-state index in [0.29, 0.717) is 11.8 Å². The summed E-state index contributed by atoms with van der Waals surface area (Å²) in [6, 6.07) is 0.242. The minimum Gasteiger partial charge on any atom is -0.342 e. The van der Waals surface area contributed by atoms with E-state index in [0.717, 1.165) is 51.9 Å². The van der Waals surface area contributed by atoms with Gasteiger partial charge < -0.3 is 15.5 Å². The molecule has 1 amide bonds. The van der Waals surface area contributed by atoms with Gasteiger partial charge in [0.2, 0.25) is 5.91 Å². The summed E-state index contributed by atoms with van der Waals surface area (Å²) in [6.45, 7) is 6.41. The van der Waals surface area contributed by atoms with E-state index < -0.39 is 0 Å². The lowest BCUT2D eigenvalue weighted by atomic mass is 9.85. The minimum absolute atomic E-state index is 0. The van der Waals surface area contributed by atoms with Gasteiger partial charge in [-0.15, -0.1) is 24.8 Å². The zero-order chi connectivity index (χ0) is 14.5. The van der Waals surface area contributed by atoms with E-state index in [9.17, 15) is 4.79 Å². The average molecular weight is 354 g/mol. The van der Waals surface area contributed by atoms with Gasteiger partial charge >= 0.3 is 0 Å². The Labute approximate surface area is 148 Å². The van der Waals surface area contributed by atoms with Crippen molar-refractivity contribution in [3.05, 3.63) is 0 Å². The predicted octanol–water partition coefficient (Wildman–Crippen LogP) is 2.54. The van der Waals surface area contributed by atoms with E-state index in [1.807, 2.05) is 0 Å². The molecule has 0 bridgehead atoms. The van der Waals surface area contributed by atoms with Gasteiger partial charge in [0, 0.05) is 31.6 Å². The zero-order valence-corrected chi connectivity index (χ0v) is 15.6. The van der Waals surface area contributed by atoms with Gasteiger partial charge in [-0.05, 0) is 51.6 Å². The first kappa shape index (κ1) is 22.0. The summed E-state index contributed by atoms with van der Waals surface area (Å²) in [7, 11) is 2.19. The summed E-state index contributed by atoms with van der Waals surface area (Å²) < 4.78 is 0. The van der Waals surface area contributed by atoms with Crippen LogP contribution in [-0.4, -0.2) is 55.0 Å². The lowest BCUT2D eigenvalue weighted by molar-refractivity contribution is -0.135. The first-order chi connectivity index (χ1) is 9.60. The Kier molecular flexibility index (Phi) is 10.7. The Morgan fingerprint density at radius 3 is 2.64 bits per heavy atom. The van der Waals surface area contributed by atoms with Crippen LogP contribution in [0.15, 0.2) is 0 Å². The van der Waals surface area contributed by atoms with Crippen LogP contribution < -0.4 is 5.73 Å². The Morgan fingerprint density at radius 1 is 1.27 bits per heavy atom. The Balaban J connectivity index is 0.00000220. The van der Waals surface area contributed by atoms with E-state index in [4.69, 9.17) is 5.73 Å². The van der Waals surface area contributed by atoms with Crippen LogP contribution in [0, 0.1) is 11.8 Å². The maximum atomic E-state index is 12.6. The van der Waals surface area contributed by atoms with Gasteiger partial charge in [0.05, 0.1) is 0 Å². The highest BCUT2D eigenvalue weighted by Crippen LogP contribution is 2.27. The molecule has 0 spiro atoms. The van der Waals surface area contributed by atoms with Crippen molar-refractivity contribution in [2.24, 2.45) is 17.6 Å². The van der Waals surface area contributed by atoms with Crippen molar-refractivity contribution in [1.29, 1.82) is 0 Å². The first-order valence-corrected chi connectivity index (χ1v) is 8.33. The largest absolute Gasteiger partial charge is 0.342 e. The molecule has 0 aromatic rings. The van der Waals surface area contributed by atoms with Crippen molar-refractivity contribution in [2.45, 2.75) is 51.5 Å². The molecule has 0 aromatic heterocycles. The fourth-order valence-electron chi connectivity index (χ4n) is 3.81. The molecular weight excluding hydrogens is 321 g/mol. The van der Waals surface area contributed by atoms with Gasteiger partial charge in [-0.3, -0.25) is 4.79 Å². The summed E-state index contributed by atoms with van der Waals surface area (Å²) >= 11 is 0. The molecule has 1 heterocycles. The van der Waals surface area contributed by atoms with Crippen molar-refractivity contribution in [3.8, 4) is 0 Å². The number of halogens is 2. The van der Waals surface area contributed by atoms with Crippen molar-refractivity contribution in [1.82, 2.24) is 9.80 Å². The van der Waals surface area contributed by atoms with Crippen LogP contribution >= 0.6 is 24.8 Å². The summed E-state index contributed by atoms with van der Waals surface area (Å²) in [6.07, 6.45) is 6.52.